The summed E-state index contributed by atoms with van der Waals surface area (Å²) in [7, 11) is 0. The first kappa shape index (κ1) is 24.5. The summed E-state index contributed by atoms with van der Waals surface area (Å²) in [6.45, 7) is 5.70. The summed E-state index contributed by atoms with van der Waals surface area (Å²) in [5.74, 6) is 1.78. The lowest BCUT2D eigenvalue weighted by atomic mass is 10.1. The molecule has 0 saturated heterocycles. The van der Waals surface area contributed by atoms with Crippen LogP contribution < -0.4 is 14.2 Å². The van der Waals surface area contributed by atoms with Crippen LogP contribution >= 0.6 is 0 Å². The number of quaternary nitrogens is 1. The van der Waals surface area contributed by atoms with Gasteiger partial charge in [0.1, 0.15) is 23.8 Å². The number of aryl methyl sites for hydroxylation is 1. The molecule has 2 atom stereocenters. The zero-order valence-electron chi connectivity index (χ0n) is 19.7. The SMILES string of the molecule is CCOc1ccc([N+](CC)(CCO)S(=O)[O-])cc1-c1nn2c(C3CCCC3)nc(C)c2c(=O)[nH]1. The molecular weight excluding hydrogens is 458 g/mol. The number of aromatic amines is 1. The van der Waals surface area contributed by atoms with Crippen molar-refractivity contribution in [1.29, 1.82) is 0 Å². The van der Waals surface area contributed by atoms with Crippen LogP contribution in [-0.2, 0) is 11.3 Å². The van der Waals surface area contributed by atoms with Crippen molar-refractivity contribution in [3.63, 3.8) is 0 Å². The molecule has 11 heteroatoms. The second-order valence-corrected chi connectivity index (χ2v) is 9.72. The molecule has 0 aliphatic heterocycles. The number of hydrogen-bond acceptors (Lipinski definition) is 7. The molecule has 184 valence electrons. The fraction of sp³-hybridized carbons (Fsp3) is 0.522. The first-order valence-corrected chi connectivity index (χ1v) is 12.7. The normalized spacial score (nSPS) is 17.2. The number of aliphatic hydroxyl groups excluding tert-OH is 1. The van der Waals surface area contributed by atoms with Gasteiger partial charge < -0.3 is 19.4 Å². The molecule has 1 aliphatic carbocycles. The number of aromatic nitrogens is 4. The first-order chi connectivity index (χ1) is 16.4. The van der Waals surface area contributed by atoms with Crippen LogP contribution in [0.5, 0.6) is 5.75 Å². The van der Waals surface area contributed by atoms with Crippen molar-refractivity contribution >= 4 is 22.5 Å². The van der Waals surface area contributed by atoms with Crippen molar-refractivity contribution in [1.82, 2.24) is 23.5 Å². The zero-order chi connectivity index (χ0) is 24.5. The molecule has 0 bridgehead atoms. The molecule has 1 aromatic carbocycles. The van der Waals surface area contributed by atoms with Gasteiger partial charge in [0, 0.05) is 18.1 Å². The van der Waals surface area contributed by atoms with Crippen LogP contribution in [0.2, 0.25) is 0 Å². The molecule has 10 nitrogen and oxygen atoms in total. The molecule has 0 radical (unpaired) electrons. The number of hydrogen-bond donors (Lipinski definition) is 2. The van der Waals surface area contributed by atoms with Crippen molar-refractivity contribution in [3.8, 4) is 17.1 Å². The van der Waals surface area contributed by atoms with Gasteiger partial charge in [-0.2, -0.15) is 0 Å². The number of fused-ring (bicyclic) bond motifs is 1. The Labute approximate surface area is 200 Å². The maximum atomic E-state index is 13.1. The van der Waals surface area contributed by atoms with E-state index < -0.39 is 15.2 Å². The predicted molar refractivity (Wildman–Crippen MR) is 129 cm³/mol. The van der Waals surface area contributed by atoms with E-state index in [1.54, 1.807) is 29.6 Å². The molecule has 0 spiro atoms. The Bertz CT molecular complexity index is 1270. The smallest absolute Gasteiger partial charge is 0.277 e. The summed E-state index contributed by atoms with van der Waals surface area (Å²) in [5.41, 5.74) is 1.66. The lowest BCUT2D eigenvalue weighted by Gasteiger charge is -2.36. The van der Waals surface area contributed by atoms with Crippen molar-refractivity contribution in [3.05, 3.63) is 40.1 Å². The Balaban J connectivity index is 1.94. The zero-order valence-corrected chi connectivity index (χ0v) is 20.6. The molecule has 2 heterocycles. The van der Waals surface area contributed by atoms with Gasteiger partial charge in [0.15, 0.2) is 22.6 Å². The average molecular weight is 490 g/mol. The van der Waals surface area contributed by atoms with E-state index in [1.165, 1.54) is 0 Å². The highest BCUT2D eigenvalue weighted by Gasteiger charge is 2.32. The summed E-state index contributed by atoms with van der Waals surface area (Å²) in [6, 6.07) is 5.02. The van der Waals surface area contributed by atoms with Gasteiger partial charge in [-0.15, -0.1) is 5.10 Å². The Morgan fingerprint density at radius 2 is 2.06 bits per heavy atom. The minimum absolute atomic E-state index is 0.00441. The number of likely N-dealkylation sites (N-methyl/N-ethyl adjacent to an activating group) is 1. The van der Waals surface area contributed by atoms with Crippen LogP contribution in [0.15, 0.2) is 23.0 Å². The number of H-pyrrole nitrogens is 1. The molecule has 0 amide bonds. The summed E-state index contributed by atoms with van der Waals surface area (Å²) >= 11 is -2.54. The lowest BCUT2D eigenvalue weighted by molar-refractivity contribution is 0.253. The quantitative estimate of drug-likeness (QED) is 0.349. The van der Waals surface area contributed by atoms with Gasteiger partial charge in [-0.3, -0.25) is 4.79 Å². The number of imidazole rings is 1. The first-order valence-electron chi connectivity index (χ1n) is 11.7. The van der Waals surface area contributed by atoms with Crippen molar-refractivity contribution in [2.75, 3.05) is 26.3 Å². The maximum absolute atomic E-state index is 13.1. The molecule has 2 N–H and O–H groups in total. The third kappa shape index (κ3) is 4.17. The van der Waals surface area contributed by atoms with Crippen LogP contribution in [0.1, 0.15) is 57.0 Å². The second-order valence-electron chi connectivity index (χ2n) is 8.58. The number of rotatable bonds is 9. The topological polar surface area (TPSA) is 133 Å². The van der Waals surface area contributed by atoms with Gasteiger partial charge >= 0.3 is 0 Å². The number of nitrogens with one attached hydrogen (secondary N) is 1. The van der Waals surface area contributed by atoms with E-state index >= 15 is 0 Å². The van der Waals surface area contributed by atoms with Gasteiger partial charge in [0.25, 0.3) is 5.56 Å². The van der Waals surface area contributed by atoms with Crippen LogP contribution in [0.3, 0.4) is 0 Å². The molecule has 2 unspecified atom stereocenters. The molecule has 1 fully saturated rings. The van der Waals surface area contributed by atoms with Crippen molar-refractivity contribution < 1.29 is 18.6 Å². The van der Waals surface area contributed by atoms with Crippen LogP contribution in [0.4, 0.5) is 5.69 Å². The van der Waals surface area contributed by atoms with E-state index in [4.69, 9.17) is 9.84 Å². The lowest BCUT2D eigenvalue weighted by Crippen LogP contribution is -2.52. The summed E-state index contributed by atoms with van der Waals surface area (Å²) in [4.78, 5) is 20.6. The third-order valence-electron chi connectivity index (χ3n) is 6.67. The number of aliphatic hydroxyl groups is 1. The minimum Gasteiger partial charge on any atom is -0.724 e. The van der Waals surface area contributed by atoms with Gasteiger partial charge in [-0.25, -0.2) is 17.6 Å². The van der Waals surface area contributed by atoms with Gasteiger partial charge in [-0.1, -0.05) is 12.8 Å². The van der Waals surface area contributed by atoms with E-state index in [9.17, 15) is 18.7 Å². The molecule has 4 rings (SSSR count). The van der Waals surface area contributed by atoms with E-state index in [0.717, 1.165) is 31.5 Å². The monoisotopic (exact) mass is 489 g/mol. The fourth-order valence-electron chi connectivity index (χ4n) is 4.90. The second kappa shape index (κ2) is 9.95. The predicted octanol–water partition coefficient (Wildman–Crippen LogP) is 2.56. The summed E-state index contributed by atoms with van der Waals surface area (Å²) in [6.07, 6.45) is 4.27. The van der Waals surface area contributed by atoms with E-state index in [2.05, 4.69) is 9.97 Å². The minimum atomic E-state index is -2.54. The van der Waals surface area contributed by atoms with Crippen molar-refractivity contribution in [2.45, 2.75) is 52.4 Å². The maximum Gasteiger partial charge on any atom is 0.277 e. The van der Waals surface area contributed by atoms with E-state index in [1.807, 2.05) is 13.8 Å². The Morgan fingerprint density at radius 1 is 1.32 bits per heavy atom. The summed E-state index contributed by atoms with van der Waals surface area (Å²) in [5, 5.41) is 14.3. The van der Waals surface area contributed by atoms with E-state index in [-0.39, 0.29) is 37.0 Å². The third-order valence-corrected chi connectivity index (χ3v) is 7.89. The Morgan fingerprint density at radius 3 is 2.68 bits per heavy atom. The van der Waals surface area contributed by atoms with Crippen LogP contribution in [-0.4, -0.2) is 59.8 Å². The summed E-state index contributed by atoms with van der Waals surface area (Å²) < 4.78 is 31.5. The highest BCUT2D eigenvalue weighted by atomic mass is 32.2. The largest absolute Gasteiger partial charge is 0.724 e. The Kier molecular flexibility index (Phi) is 7.17. The van der Waals surface area contributed by atoms with Gasteiger partial charge in [0.2, 0.25) is 0 Å². The van der Waals surface area contributed by atoms with Crippen LogP contribution in [0, 0.1) is 6.92 Å². The highest BCUT2D eigenvalue weighted by molar-refractivity contribution is 7.78. The van der Waals surface area contributed by atoms with Gasteiger partial charge in [0.05, 0.1) is 31.0 Å². The molecule has 3 aromatic rings. The van der Waals surface area contributed by atoms with Crippen LogP contribution in [0.25, 0.3) is 16.9 Å². The molecule has 34 heavy (non-hydrogen) atoms. The number of benzene rings is 1. The molecule has 1 aliphatic rings. The van der Waals surface area contributed by atoms with Gasteiger partial charge in [-0.05, 0) is 39.7 Å². The fourth-order valence-corrected chi connectivity index (χ4v) is 5.63. The number of ether oxygens (including phenoxy) is 1. The van der Waals surface area contributed by atoms with E-state index in [0.29, 0.717) is 34.8 Å². The molecule has 2 aromatic heterocycles. The average Bonchev–Trinajstić information content (AvgIpc) is 3.46. The standard InChI is InChI=1S/C23H31N5O5S/c1-4-28(12-13-29,34(31)32)17-10-11-19(33-5-2)18(14-17)21-25-23(30)20-15(3)24-22(27(20)26-21)16-8-6-7-9-16/h10-11,14,16,29H,4-9,12-13H2,1-3H3,(H-,25,26,30,31,32). The van der Waals surface area contributed by atoms with Crippen molar-refractivity contribution in [2.24, 2.45) is 0 Å². The number of nitrogens with zero attached hydrogens (tertiary/aromatic N) is 4. The highest BCUT2D eigenvalue weighted by Crippen LogP contribution is 2.37. The molecule has 1 saturated carbocycles. The molecular formula is C23H31N5O5S. The Hall–Kier alpha value is -2.60.